The van der Waals surface area contributed by atoms with Crippen LogP contribution in [0.3, 0.4) is 0 Å². The highest BCUT2D eigenvalue weighted by Gasteiger charge is 2.37. The predicted octanol–water partition coefficient (Wildman–Crippen LogP) is 12.1. The molecule has 1 atom stereocenters. The molecule has 42 heavy (non-hydrogen) atoms. The number of rotatable bonds is 23. The van der Waals surface area contributed by atoms with Crippen molar-refractivity contribution < 1.29 is 13.6 Å². The monoisotopic (exact) mass is 628 g/mol. The molecule has 0 bridgehead atoms. The van der Waals surface area contributed by atoms with Gasteiger partial charge in [-0.15, -0.1) is 0 Å². The van der Waals surface area contributed by atoms with E-state index in [-0.39, 0.29) is 0 Å². The summed E-state index contributed by atoms with van der Waals surface area (Å²) in [5, 5.41) is 0. The molecule has 0 heterocycles. The van der Waals surface area contributed by atoms with Gasteiger partial charge in [0, 0.05) is 8.07 Å². The second-order valence-corrected chi connectivity index (χ2v) is 29.8. The molecular formula is C36H64O3Si3. The number of benzene rings is 2. The molecule has 0 amide bonds. The summed E-state index contributed by atoms with van der Waals surface area (Å²) in [7, 11) is -4.11. The zero-order valence-corrected chi connectivity index (χ0v) is 31.7. The molecule has 0 fully saturated rings. The lowest BCUT2D eigenvalue weighted by molar-refractivity contribution is 0.304. The average Bonchev–Trinajstić information content (AvgIpc) is 2.90. The molecule has 3 nitrogen and oxygen atoms in total. The molecule has 0 spiro atoms. The molecule has 0 aliphatic carbocycles. The number of hydrogen-bond acceptors (Lipinski definition) is 3. The van der Waals surface area contributed by atoms with Crippen molar-refractivity contribution in [3.8, 4) is 22.6 Å². The maximum absolute atomic E-state index is 6.86. The lowest BCUT2D eigenvalue weighted by Gasteiger charge is -2.38. The SMILES string of the molecule is CCCCCOc1ccc(-c2ccc(OCCCCCCCCCCC[Si](C)(C[Si](C)(C)C)O[Si](C)(C)C)cc2)cc1. The van der Waals surface area contributed by atoms with E-state index in [4.69, 9.17) is 13.6 Å². The quantitative estimate of drug-likeness (QED) is 0.0905. The summed E-state index contributed by atoms with van der Waals surface area (Å²) in [6.45, 7) is 21.0. The number of unbranched alkanes of at least 4 members (excludes halogenated alkanes) is 10. The third-order valence-corrected chi connectivity index (χ3v) is 20.7. The Morgan fingerprint density at radius 2 is 0.905 bits per heavy atom. The highest BCUT2D eigenvalue weighted by molar-refractivity contribution is 6.96. The Kier molecular flexibility index (Phi) is 16.8. The molecule has 0 aromatic heterocycles. The molecule has 0 radical (unpaired) electrons. The molecule has 2 aromatic carbocycles. The van der Waals surface area contributed by atoms with Gasteiger partial charge in [0.25, 0.3) is 0 Å². The van der Waals surface area contributed by atoms with Crippen LogP contribution < -0.4 is 9.47 Å². The van der Waals surface area contributed by atoms with E-state index < -0.39 is 24.7 Å². The molecule has 6 heteroatoms. The first-order valence-corrected chi connectivity index (χ1v) is 27.0. The van der Waals surface area contributed by atoms with Gasteiger partial charge >= 0.3 is 0 Å². The highest BCUT2D eigenvalue weighted by atomic mass is 28.4. The summed E-state index contributed by atoms with van der Waals surface area (Å²) in [6.07, 6.45) is 15.6. The van der Waals surface area contributed by atoms with E-state index in [1.807, 2.05) is 0 Å². The Labute approximate surface area is 263 Å². The van der Waals surface area contributed by atoms with E-state index in [1.165, 1.54) is 87.0 Å². The van der Waals surface area contributed by atoms with Crippen LogP contribution in [0.5, 0.6) is 11.5 Å². The summed E-state index contributed by atoms with van der Waals surface area (Å²) in [6, 6.07) is 18.3. The van der Waals surface area contributed by atoms with Crippen LogP contribution in [0, 0.1) is 0 Å². The molecule has 0 N–H and O–H groups in total. The topological polar surface area (TPSA) is 27.7 Å². The van der Waals surface area contributed by atoms with E-state index in [0.717, 1.165) is 37.6 Å². The van der Waals surface area contributed by atoms with Gasteiger partial charge in [-0.3, -0.25) is 0 Å². The molecule has 0 saturated heterocycles. The lowest BCUT2D eigenvalue weighted by atomic mass is 10.1. The van der Waals surface area contributed by atoms with E-state index in [0.29, 0.717) is 0 Å². The molecular weight excluding hydrogens is 565 g/mol. The van der Waals surface area contributed by atoms with Crippen LogP contribution in [0.25, 0.3) is 11.1 Å². The van der Waals surface area contributed by atoms with Crippen molar-refractivity contribution in [1.82, 2.24) is 0 Å². The molecule has 2 aromatic rings. The van der Waals surface area contributed by atoms with Gasteiger partial charge in [0.15, 0.2) is 16.6 Å². The normalized spacial score (nSPS) is 13.6. The van der Waals surface area contributed by atoms with Gasteiger partial charge in [0.2, 0.25) is 0 Å². The first kappa shape index (κ1) is 36.8. The highest BCUT2D eigenvalue weighted by Crippen LogP contribution is 2.30. The third-order valence-electron chi connectivity index (χ3n) is 7.63. The standard InChI is InChI=1S/C36H64O3Si3/c1-9-10-18-29-37-35-25-21-33(22-26-35)34-23-27-36(28-24-34)38-30-19-16-14-12-11-13-15-17-20-31-42(8,32-40(2,3)4)39-41(5,6)7/h21-28H,9-20,29-32H2,1-8H3. The first-order valence-electron chi connectivity index (χ1n) is 17.1. The molecule has 0 saturated carbocycles. The van der Waals surface area contributed by atoms with E-state index in [9.17, 15) is 0 Å². The molecule has 238 valence electrons. The van der Waals surface area contributed by atoms with Gasteiger partial charge in [0.05, 0.1) is 13.2 Å². The fraction of sp³-hybridized carbons (Fsp3) is 0.667. The van der Waals surface area contributed by atoms with Crippen molar-refractivity contribution in [1.29, 1.82) is 0 Å². The Hall–Kier alpha value is -1.35. The minimum absolute atomic E-state index is 0.800. The van der Waals surface area contributed by atoms with Crippen LogP contribution in [0.2, 0.25) is 57.5 Å². The Bertz CT molecular complexity index is 946. The zero-order valence-electron chi connectivity index (χ0n) is 28.7. The predicted molar refractivity (Wildman–Crippen MR) is 193 cm³/mol. The molecule has 0 aliphatic heterocycles. The Balaban J connectivity index is 1.52. The number of hydrogen-bond donors (Lipinski definition) is 0. The van der Waals surface area contributed by atoms with Gasteiger partial charge < -0.3 is 13.6 Å². The van der Waals surface area contributed by atoms with Gasteiger partial charge in [0.1, 0.15) is 11.5 Å². The average molecular weight is 629 g/mol. The van der Waals surface area contributed by atoms with Crippen molar-refractivity contribution in [2.75, 3.05) is 13.2 Å². The second kappa shape index (κ2) is 19.1. The van der Waals surface area contributed by atoms with Crippen LogP contribution in [0.1, 0.15) is 84.0 Å². The number of ether oxygens (including phenoxy) is 2. The maximum atomic E-state index is 6.86. The summed E-state index contributed by atoms with van der Waals surface area (Å²) in [5.41, 5.74) is 3.84. The van der Waals surface area contributed by atoms with Gasteiger partial charge in [-0.1, -0.05) is 115 Å². The van der Waals surface area contributed by atoms with Crippen LogP contribution in [0.4, 0.5) is 0 Å². The van der Waals surface area contributed by atoms with E-state index in [2.05, 4.69) is 101 Å². The smallest absolute Gasteiger partial charge is 0.173 e. The van der Waals surface area contributed by atoms with Crippen LogP contribution >= 0.6 is 0 Å². The molecule has 1 unspecified atom stereocenters. The minimum Gasteiger partial charge on any atom is -0.494 e. The minimum atomic E-state index is -1.56. The van der Waals surface area contributed by atoms with Gasteiger partial charge in [-0.05, 0) is 86.1 Å². The van der Waals surface area contributed by atoms with Crippen molar-refractivity contribution in [2.24, 2.45) is 0 Å². The van der Waals surface area contributed by atoms with Crippen molar-refractivity contribution in [3.63, 3.8) is 0 Å². The molecule has 0 aliphatic rings. The second-order valence-electron chi connectivity index (χ2n) is 14.8. The Morgan fingerprint density at radius 3 is 1.31 bits per heavy atom. The summed E-state index contributed by atoms with van der Waals surface area (Å²) in [5.74, 6) is 1.92. The largest absolute Gasteiger partial charge is 0.494 e. The zero-order chi connectivity index (χ0) is 30.9. The van der Waals surface area contributed by atoms with Gasteiger partial charge in [-0.25, -0.2) is 0 Å². The fourth-order valence-corrected chi connectivity index (χ4v) is 24.0. The van der Waals surface area contributed by atoms with Crippen molar-refractivity contribution in [3.05, 3.63) is 48.5 Å². The first-order chi connectivity index (χ1) is 19.9. The van der Waals surface area contributed by atoms with E-state index in [1.54, 1.807) is 0 Å². The van der Waals surface area contributed by atoms with Gasteiger partial charge in [-0.2, -0.15) is 0 Å². The summed E-state index contributed by atoms with van der Waals surface area (Å²) < 4.78 is 18.7. The summed E-state index contributed by atoms with van der Waals surface area (Å²) in [4.78, 5) is 0. The van der Waals surface area contributed by atoms with Crippen LogP contribution in [-0.2, 0) is 4.12 Å². The third kappa shape index (κ3) is 17.1. The van der Waals surface area contributed by atoms with Crippen LogP contribution in [-0.4, -0.2) is 37.9 Å². The molecule has 2 rings (SSSR count). The fourth-order valence-electron chi connectivity index (χ4n) is 6.09. The Morgan fingerprint density at radius 1 is 0.500 bits per heavy atom. The lowest BCUT2D eigenvalue weighted by Crippen LogP contribution is -2.49. The van der Waals surface area contributed by atoms with E-state index >= 15 is 0 Å². The van der Waals surface area contributed by atoms with Crippen LogP contribution in [0.15, 0.2) is 48.5 Å². The van der Waals surface area contributed by atoms with Crippen molar-refractivity contribution >= 4 is 24.7 Å². The maximum Gasteiger partial charge on any atom is 0.173 e. The summed E-state index contributed by atoms with van der Waals surface area (Å²) >= 11 is 0. The van der Waals surface area contributed by atoms with Crippen molar-refractivity contribution in [2.45, 2.75) is 142 Å².